The van der Waals surface area contributed by atoms with Gasteiger partial charge in [-0.2, -0.15) is 0 Å². The van der Waals surface area contributed by atoms with Crippen LogP contribution >= 0.6 is 23.2 Å². The first-order chi connectivity index (χ1) is 11.0. The first-order valence-electron chi connectivity index (χ1n) is 6.54. The molecular formula is C15H10Cl2N4O2. The molecule has 0 aliphatic rings. The fourth-order valence-electron chi connectivity index (χ4n) is 2.07. The van der Waals surface area contributed by atoms with E-state index in [0.717, 1.165) is 0 Å². The lowest BCUT2D eigenvalue weighted by molar-refractivity contribution is 0.0697. The molecule has 0 aliphatic heterocycles. The van der Waals surface area contributed by atoms with Crippen molar-refractivity contribution in [3.8, 4) is 0 Å². The summed E-state index contributed by atoms with van der Waals surface area (Å²) in [5, 5.41) is 18.2. The van der Waals surface area contributed by atoms with Gasteiger partial charge in [0.2, 0.25) is 0 Å². The Labute approximate surface area is 141 Å². The number of fused-ring (bicyclic) bond motifs is 1. The monoisotopic (exact) mass is 348 g/mol. The lowest BCUT2D eigenvalue weighted by Crippen LogP contribution is -1.97. The number of aromatic carboxylic acids is 1. The van der Waals surface area contributed by atoms with Crippen LogP contribution in [0.25, 0.3) is 5.65 Å². The Kier molecular flexibility index (Phi) is 4.02. The van der Waals surface area contributed by atoms with E-state index in [1.165, 1.54) is 12.1 Å². The Morgan fingerprint density at radius 3 is 2.74 bits per heavy atom. The van der Waals surface area contributed by atoms with E-state index in [9.17, 15) is 4.79 Å². The van der Waals surface area contributed by atoms with Gasteiger partial charge in [-0.1, -0.05) is 23.2 Å². The zero-order valence-corrected chi connectivity index (χ0v) is 13.4. The third-order valence-electron chi connectivity index (χ3n) is 3.18. The maximum atomic E-state index is 11.0. The molecule has 2 aromatic heterocycles. The second-order valence-corrected chi connectivity index (χ2v) is 5.61. The Balaban J connectivity index is 2.06. The van der Waals surface area contributed by atoms with Gasteiger partial charge in [-0.05, 0) is 37.3 Å². The molecular weight excluding hydrogens is 339 g/mol. The van der Waals surface area contributed by atoms with Crippen LogP contribution in [0, 0.1) is 6.92 Å². The lowest BCUT2D eigenvalue weighted by Gasteiger charge is -1.99. The molecule has 0 bridgehead atoms. The van der Waals surface area contributed by atoms with Gasteiger partial charge in [-0.25, -0.2) is 9.78 Å². The number of carbonyl (C=O) groups is 1. The molecule has 116 valence electrons. The van der Waals surface area contributed by atoms with E-state index in [4.69, 9.17) is 28.3 Å². The molecule has 8 heteroatoms. The molecule has 0 amide bonds. The van der Waals surface area contributed by atoms with Crippen molar-refractivity contribution in [2.24, 2.45) is 10.2 Å². The minimum Gasteiger partial charge on any atom is -0.478 e. The summed E-state index contributed by atoms with van der Waals surface area (Å²) in [7, 11) is 0. The number of hydrogen-bond donors (Lipinski definition) is 1. The highest BCUT2D eigenvalue weighted by atomic mass is 35.5. The van der Waals surface area contributed by atoms with Crippen LogP contribution in [-0.2, 0) is 0 Å². The lowest BCUT2D eigenvalue weighted by atomic mass is 10.3. The molecule has 0 saturated heterocycles. The normalized spacial score (nSPS) is 11.4. The van der Waals surface area contributed by atoms with Crippen molar-refractivity contribution >= 4 is 46.3 Å². The minimum atomic E-state index is -1.01. The van der Waals surface area contributed by atoms with Crippen LogP contribution in [0.15, 0.2) is 46.8 Å². The number of azo groups is 1. The van der Waals surface area contributed by atoms with Crippen LogP contribution in [0.4, 0.5) is 11.5 Å². The topological polar surface area (TPSA) is 79.3 Å². The van der Waals surface area contributed by atoms with Gasteiger partial charge in [0.15, 0.2) is 5.82 Å². The fraction of sp³-hybridized carbons (Fsp3) is 0.0667. The summed E-state index contributed by atoms with van der Waals surface area (Å²) in [5.41, 5.74) is 1.70. The van der Waals surface area contributed by atoms with E-state index in [0.29, 0.717) is 32.9 Å². The molecule has 1 N–H and O–H groups in total. The van der Waals surface area contributed by atoms with E-state index in [1.807, 2.05) is 0 Å². The number of aromatic nitrogens is 2. The van der Waals surface area contributed by atoms with Gasteiger partial charge in [-0.3, -0.25) is 4.40 Å². The molecule has 1 aromatic carbocycles. The zero-order valence-electron chi connectivity index (χ0n) is 11.9. The van der Waals surface area contributed by atoms with E-state index in [-0.39, 0.29) is 5.56 Å². The molecule has 0 aliphatic carbocycles. The van der Waals surface area contributed by atoms with Gasteiger partial charge in [0.25, 0.3) is 0 Å². The zero-order chi connectivity index (χ0) is 16.6. The van der Waals surface area contributed by atoms with Crippen LogP contribution in [0.2, 0.25) is 10.0 Å². The predicted octanol–water partition coefficient (Wildman–Crippen LogP) is 5.06. The number of hydrogen-bond acceptors (Lipinski definition) is 4. The number of benzene rings is 1. The number of aryl methyl sites for hydroxylation is 1. The number of nitrogens with zero attached hydrogens (tertiary/aromatic N) is 4. The molecule has 3 aromatic rings. The van der Waals surface area contributed by atoms with Gasteiger partial charge in [0.05, 0.1) is 16.3 Å². The molecule has 6 nitrogen and oxygen atoms in total. The molecule has 0 spiro atoms. The molecule has 0 saturated carbocycles. The van der Waals surface area contributed by atoms with Gasteiger partial charge < -0.3 is 5.11 Å². The number of carboxylic acid groups (broad SMARTS) is 1. The Hall–Kier alpha value is -2.44. The summed E-state index contributed by atoms with van der Waals surface area (Å²) in [6.45, 7) is 1.77. The third-order valence-corrected chi connectivity index (χ3v) is 3.73. The van der Waals surface area contributed by atoms with Crippen LogP contribution in [0.5, 0.6) is 0 Å². The van der Waals surface area contributed by atoms with Crippen LogP contribution < -0.4 is 0 Å². The number of carboxylic acids is 1. The number of imidazole rings is 1. The molecule has 3 rings (SSSR count). The predicted molar refractivity (Wildman–Crippen MR) is 87.5 cm³/mol. The molecule has 2 heterocycles. The van der Waals surface area contributed by atoms with Crippen molar-refractivity contribution in [1.82, 2.24) is 9.38 Å². The maximum absolute atomic E-state index is 11.0. The second-order valence-electron chi connectivity index (χ2n) is 4.77. The van der Waals surface area contributed by atoms with Crippen molar-refractivity contribution in [2.45, 2.75) is 6.92 Å². The van der Waals surface area contributed by atoms with Gasteiger partial charge in [0.1, 0.15) is 11.3 Å². The van der Waals surface area contributed by atoms with Crippen LogP contribution in [-0.4, -0.2) is 20.5 Å². The van der Waals surface area contributed by atoms with Crippen molar-refractivity contribution in [2.75, 3.05) is 0 Å². The summed E-state index contributed by atoms with van der Waals surface area (Å²) < 4.78 is 1.66. The highest BCUT2D eigenvalue weighted by Crippen LogP contribution is 2.30. The SMILES string of the molecule is Cc1nc2cc(C(=O)O)ccn2c1N=Nc1cc(Cl)ccc1Cl. The molecule has 0 radical (unpaired) electrons. The smallest absolute Gasteiger partial charge is 0.335 e. The summed E-state index contributed by atoms with van der Waals surface area (Å²) in [4.78, 5) is 15.3. The molecule has 23 heavy (non-hydrogen) atoms. The van der Waals surface area contributed by atoms with Gasteiger partial charge >= 0.3 is 5.97 Å². The van der Waals surface area contributed by atoms with E-state index >= 15 is 0 Å². The standard InChI is InChI=1S/C15H10Cl2N4O2/c1-8-14(20-19-12-7-10(16)2-3-11(12)17)21-5-4-9(15(22)23)6-13(21)18-8/h2-7H,1H3,(H,22,23). The highest BCUT2D eigenvalue weighted by molar-refractivity contribution is 6.35. The van der Waals surface area contributed by atoms with Gasteiger partial charge in [-0.15, -0.1) is 10.2 Å². The maximum Gasteiger partial charge on any atom is 0.335 e. The van der Waals surface area contributed by atoms with Crippen molar-refractivity contribution in [3.63, 3.8) is 0 Å². The average molecular weight is 349 g/mol. The van der Waals surface area contributed by atoms with Crippen molar-refractivity contribution < 1.29 is 9.90 Å². The summed E-state index contributed by atoms with van der Waals surface area (Å²) in [6.07, 6.45) is 1.59. The second kappa shape index (κ2) is 5.98. The van der Waals surface area contributed by atoms with Crippen LogP contribution in [0.3, 0.4) is 0 Å². The highest BCUT2D eigenvalue weighted by Gasteiger charge is 2.11. The minimum absolute atomic E-state index is 0.156. The summed E-state index contributed by atoms with van der Waals surface area (Å²) in [6, 6.07) is 7.85. The fourth-order valence-corrected chi connectivity index (χ4v) is 2.39. The van der Waals surface area contributed by atoms with Crippen molar-refractivity contribution in [1.29, 1.82) is 0 Å². The van der Waals surface area contributed by atoms with E-state index in [2.05, 4.69) is 15.2 Å². The summed E-state index contributed by atoms with van der Waals surface area (Å²) >= 11 is 12.0. The molecule has 0 fully saturated rings. The number of halogens is 2. The number of rotatable bonds is 3. The first kappa shape index (κ1) is 15.5. The van der Waals surface area contributed by atoms with Crippen molar-refractivity contribution in [3.05, 3.63) is 57.8 Å². The van der Waals surface area contributed by atoms with E-state index in [1.54, 1.807) is 35.7 Å². The Morgan fingerprint density at radius 1 is 1.22 bits per heavy atom. The third kappa shape index (κ3) is 3.04. The van der Waals surface area contributed by atoms with Gasteiger partial charge in [0, 0.05) is 11.2 Å². The van der Waals surface area contributed by atoms with E-state index < -0.39 is 5.97 Å². The average Bonchev–Trinajstić information content (AvgIpc) is 2.82. The molecule has 0 unspecified atom stereocenters. The van der Waals surface area contributed by atoms with Crippen LogP contribution in [0.1, 0.15) is 16.1 Å². The largest absolute Gasteiger partial charge is 0.478 e. The Morgan fingerprint density at radius 2 is 2.00 bits per heavy atom. The summed E-state index contributed by atoms with van der Waals surface area (Å²) in [5.74, 6) is -0.519. The Bertz CT molecular complexity index is 950. The quantitative estimate of drug-likeness (QED) is 0.671. The first-order valence-corrected chi connectivity index (χ1v) is 7.30. The number of pyridine rings is 1. The molecule has 0 atom stereocenters.